The molecule has 0 fully saturated rings. The van der Waals surface area contributed by atoms with Crippen LogP contribution in [0.1, 0.15) is 0 Å². The van der Waals surface area contributed by atoms with Gasteiger partial charge in [-0.2, -0.15) is 0 Å². The van der Waals surface area contributed by atoms with Crippen molar-refractivity contribution in [2.75, 3.05) is 0 Å². The highest BCUT2D eigenvalue weighted by Crippen LogP contribution is 2.44. The molecule has 0 saturated heterocycles. The van der Waals surface area contributed by atoms with E-state index in [0.29, 0.717) is 17.5 Å². The Labute approximate surface area is 436 Å². The van der Waals surface area contributed by atoms with E-state index in [0.717, 1.165) is 67.0 Å². The van der Waals surface area contributed by atoms with Gasteiger partial charge in [-0.05, 0) is 78.9 Å². The van der Waals surface area contributed by atoms with Crippen molar-refractivity contribution in [2.45, 2.75) is 0 Å². The summed E-state index contributed by atoms with van der Waals surface area (Å²) >= 11 is 0. The molecule has 76 heavy (non-hydrogen) atoms. The average molecular weight is 970 g/mol. The molecule has 0 bridgehead atoms. The monoisotopic (exact) mass is 969 g/mol. The molecule has 5 aromatic heterocycles. The van der Waals surface area contributed by atoms with Crippen LogP contribution >= 0.6 is 0 Å². The standard InChI is InChI=1S/C69H43N7/c1-4-20-44(21-5-1)67-70-68(45-22-18-28-49(42-45)73-61-37-17-13-33-57(61)63-62(73)41-40-54-51-30-10-14-34-58(51)74(64(54)63)47-24-6-2-7-25-47)72-69(71-67)46-23-19-29-50(43-46)76-60-36-16-12-32-53(60)56-39-38-55-52-31-11-15-35-59(52)75(65(55)66(56)76)48-26-8-3-9-27-48/h1-43H. The van der Waals surface area contributed by atoms with Crippen LogP contribution in [0.3, 0.4) is 0 Å². The van der Waals surface area contributed by atoms with E-state index in [1.54, 1.807) is 0 Å². The van der Waals surface area contributed by atoms with Crippen LogP contribution in [0.15, 0.2) is 261 Å². The van der Waals surface area contributed by atoms with Gasteiger partial charge in [-0.25, -0.2) is 15.0 Å². The zero-order chi connectivity index (χ0) is 49.8. The van der Waals surface area contributed by atoms with E-state index in [-0.39, 0.29) is 0 Å². The molecule has 0 aliphatic carbocycles. The summed E-state index contributed by atoms with van der Waals surface area (Å²) in [6, 6.07) is 93.1. The number of aromatic nitrogens is 7. The zero-order valence-corrected chi connectivity index (χ0v) is 41.0. The number of fused-ring (bicyclic) bond motifs is 14. The van der Waals surface area contributed by atoms with Crippen molar-refractivity contribution in [2.24, 2.45) is 0 Å². The Hall–Kier alpha value is -10.4. The molecule has 354 valence electrons. The van der Waals surface area contributed by atoms with Gasteiger partial charge in [0.05, 0.1) is 44.1 Å². The van der Waals surface area contributed by atoms with Crippen LogP contribution in [0.4, 0.5) is 0 Å². The lowest BCUT2D eigenvalue weighted by atomic mass is 10.1. The van der Waals surface area contributed by atoms with Gasteiger partial charge in [-0.1, -0.05) is 182 Å². The van der Waals surface area contributed by atoms with Gasteiger partial charge in [0.15, 0.2) is 17.5 Å². The Morgan fingerprint density at radius 3 is 1.07 bits per heavy atom. The summed E-state index contributed by atoms with van der Waals surface area (Å²) in [6.07, 6.45) is 0. The molecule has 0 amide bonds. The highest BCUT2D eigenvalue weighted by molar-refractivity contribution is 6.27. The SMILES string of the molecule is c1ccc(-c2nc(-c3cccc(-n4c5ccccc5c5c4ccc4c6ccccc6n(-c6ccccc6)c45)c3)nc(-c3cccc(-n4c5ccccc5c5ccc6c7ccccc7n(-c7ccccc7)c6c54)c3)n2)cc1. The molecule has 0 saturated carbocycles. The minimum absolute atomic E-state index is 0.591. The maximum Gasteiger partial charge on any atom is 0.164 e. The third kappa shape index (κ3) is 6.26. The second kappa shape index (κ2) is 16.6. The Morgan fingerprint density at radius 1 is 0.211 bits per heavy atom. The van der Waals surface area contributed by atoms with Crippen LogP contribution in [0.5, 0.6) is 0 Å². The van der Waals surface area contributed by atoms with Crippen LogP contribution in [-0.4, -0.2) is 33.2 Å². The van der Waals surface area contributed by atoms with Crippen molar-refractivity contribution in [3.05, 3.63) is 261 Å². The number of hydrogen-bond donors (Lipinski definition) is 0. The van der Waals surface area contributed by atoms with Gasteiger partial charge in [0.25, 0.3) is 0 Å². The van der Waals surface area contributed by atoms with E-state index < -0.39 is 0 Å². The van der Waals surface area contributed by atoms with E-state index in [9.17, 15) is 0 Å². The highest BCUT2D eigenvalue weighted by Gasteiger charge is 2.24. The smallest absolute Gasteiger partial charge is 0.164 e. The van der Waals surface area contributed by atoms with E-state index in [2.05, 4.69) is 261 Å². The lowest BCUT2D eigenvalue weighted by molar-refractivity contribution is 1.07. The molecule has 7 nitrogen and oxygen atoms in total. The quantitative estimate of drug-likeness (QED) is 0.160. The van der Waals surface area contributed by atoms with Crippen LogP contribution in [0.25, 0.3) is 144 Å². The lowest BCUT2D eigenvalue weighted by Gasteiger charge is -2.14. The zero-order valence-electron chi connectivity index (χ0n) is 41.0. The van der Waals surface area contributed by atoms with Crippen LogP contribution in [0, 0.1) is 0 Å². The van der Waals surface area contributed by atoms with Crippen LogP contribution < -0.4 is 0 Å². The maximum atomic E-state index is 5.39. The molecule has 0 radical (unpaired) electrons. The van der Waals surface area contributed by atoms with Crippen molar-refractivity contribution in [3.63, 3.8) is 0 Å². The fourth-order valence-electron chi connectivity index (χ4n) is 12.2. The Balaban J connectivity index is 0.897. The molecule has 0 aliphatic rings. The molecule has 16 rings (SSSR count). The van der Waals surface area contributed by atoms with Gasteiger partial charge in [0.2, 0.25) is 0 Å². The van der Waals surface area contributed by atoms with Crippen LogP contribution in [0.2, 0.25) is 0 Å². The first kappa shape index (κ1) is 42.2. The van der Waals surface area contributed by atoms with Crippen molar-refractivity contribution >= 4 is 87.2 Å². The first-order valence-electron chi connectivity index (χ1n) is 25.8. The van der Waals surface area contributed by atoms with Gasteiger partial charge >= 0.3 is 0 Å². The molecule has 0 spiro atoms. The molecule has 0 N–H and O–H groups in total. The van der Waals surface area contributed by atoms with Crippen molar-refractivity contribution in [3.8, 4) is 56.9 Å². The number of nitrogens with zero attached hydrogens (tertiary/aromatic N) is 7. The topological polar surface area (TPSA) is 58.4 Å². The second-order valence-corrected chi connectivity index (χ2v) is 19.6. The summed E-state index contributed by atoms with van der Waals surface area (Å²) in [4.78, 5) is 15.9. The molecule has 5 heterocycles. The van der Waals surface area contributed by atoms with Crippen LogP contribution in [-0.2, 0) is 0 Å². The molecule has 0 atom stereocenters. The minimum atomic E-state index is 0.591. The third-order valence-corrected chi connectivity index (χ3v) is 15.4. The predicted molar refractivity (Wildman–Crippen MR) is 313 cm³/mol. The van der Waals surface area contributed by atoms with E-state index in [4.69, 9.17) is 15.0 Å². The summed E-state index contributed by atoms with van der Waals surface area (Å²) in [5.41, 5.74) is 16.2. The second-order valence-electron chi connectivity index (χ2n) is 19.6. The Kier molecular flexibility index (Phi) is 9.20. The van der Waals surface area contributed by atoms with Gasteiger partial charge < -0.3 is 18.3 Å². The summed E-state index contributed by atoms with van der Waals surface area (Å²) in [5.74, 6) is 1.79. The van der Waals surface area contributed by atoms with Crippen molar-refractivity contribution in [1.29, 1.82) is 0 Å². The number of benzene rings is 11. The summed E-state index contributed by atoms with van der Waals surface area (Å²) in [5, 5.41) is 9.64. The Morgan fingerprint density at radius 2 is 0.553 bits per heavy atom. The van der Waals surface area contributed by atoms with Gasteiger partial charge in [-0.3, -0.25) is 0 Å². The molecule has 16 aromatic rings. The minimum Gasteiger partial charge on any atom is -0.309 e. The molecule has 0 unspecified atom stereocenters. The average Bonchev–Trinajstić information content (AvgIpc) is 4.30. The summed E-state index contributed by atoms with van der Waals surface area (Å²) in [6.45, 7) is 0. The van der Waals surface area contributed by atoms with E-state index in [1.807, 2.05) is 18.2 Å². The molecule has 0 aliphatic heterocycles. The first-order chi connectivity index (χ1) is 37.7. The van der Waals surface area contributed by atoms with E-state index in [1.165, 1.54) is 59.6 Å². The van der Waals surface area contributed by atoms with Crippen molar-refractivity contribution in [1.82, 2.24) is 33.2 Å². The largest absolute Gasteiger partial charge is 0.309 e. The number of para-hydroxylation sites is 6. The molecular weight excluding hydrogens is 927 g/mol. The third-order valence-electron chi connectivity index (χ3n) is 15.4. The lowest BCUT2D eigenvalue weighted by Crippen LogP contribution is -2.02. The number of rotatable bonds is 7. The summed E-state index contributed by atoms with van der Waals surface area (Å²) in [7, 11) is 0. The van der Waals surface area contributed by atoms with E-state index >= 15 is 0 Å². The Bertz CT molecular complexity index is 4980. The highest BCUT2D eigenvalue weighted by atomic mass is 15.1. The predicted octanol–water partition coefficient (Wildman–Crippen LogP) is 17.3. The summed E-state index contributed by atoms with van der Waals surface area (Å²) < 4.78 is 9.68. The molecule has 7 heteroatoms. The molecule has 11 aromatic carbocycles. The fraction of sp³-hybridized carbons (Fsp3) is 0. The van der Waals surface area contributed by atoms with Crippen molar-refractivity contribution < 1.29 is 0 Å². The molecular formula is C69H43N7. The first-order valence-corrected chi connectivity index (χ1v) is 25.8. The maximum absolute atomic E-state index is 5.39. The number of hydrogen-bond acceptors (Lipinski definition) is 3. The normalized spacial score (nSPS) is 11.9. The van der Waals surface area contributed by atoms with Gasteiger partial charge in [0.1, 0.15) is 0 Å². The fourth-order valence-corrected chi connectivity index (χ4v) is 12.2. The van der Waals surface area contributed by atoms with Gasteiger partial charge in [-0.15, -0.1) is 0 Å². The van der Waals surface area contributed by atoms with Gasteiger partial charge in [0, 0.05) is 82.5 Å².